The van der Waals surface area contributed by atoms with Crippen molar-refractivity contribution >= 4 is 33.2 Å². The van der Waals surface area contributed by atoms with Crippen LogP contribution in [0.2, 0.25) is 5.02 Å². The number of methoxy groups -OCH3 is 2. The van der Waals surface area contributed by atoms with Gasteiger partial charge in [0.15, 0.2) is 0 Å². The molecule has 36 heavy (non-hydrogen) atoms. The number of carbonyl (C=O) groups excluding carboxylic acids is 1. The molecule has 192 valence electrons. The van der Waals surface area contributed by atoms with Gasteiger partial charge in [-0.15, -0.1) is 0 Å². The van der Waals surface area contributed by atoms with E-state index >= 15 is 0 Å². The predicted molar refractivity (Wildman–Crippen MR) is 143 cm³/mol. The van der Waals surface area contributed by atoms with E-state index in [0.29, 0.717) is 12.2 Å². The van der Waals surface area contributed by atoms with Crippen LogP contribution in [0.5, 0.6) is 11.5 Å². The molecule has 0 heterocycles. The fourth-order valence-corrected chi connectivity index (χ4v) is 5.69. The van der Waals surface area contributed by atoms with Crippen molar-refractivity contribution in [2.24, 2.45) is 0 Å². The number of ether oxygens (including phenoxy) is 2. The lowest BCUT2D eigenvalue weighted by molar-refractivity contribution is -0.120. The number of anilines is 1. The molecule has 0 unspecified atom stereocenters. The summed E-state index contributed by atoms with van der Waals surface area (Å²) in [5.41, 5.74) is 2.14. The second-order valence-electron chi connectivity index (χ2n) is 8.48. The van der Waals surface area contributed by atoms with Crippen LogP contribution in [-0.2, 0) is 21.2 Å². The van der Waals surface area contributed by atoms with E-state index < -0.39 is 22.5 Å². The van der Waals surface area contributed by atoms with E-state index in [0.717, 1.165) is 16.3 Å². The number of aryl methyl sites for hydroxylation is 2. The molecule has 1 N–H and O–H groups in total. The Kier molecular flexibility index (Phi) is 9.23. The van der Waals surface area contributed by atoms with Crippen LogP contribution in [0, 0.1) is 6.92 Å². The molecule has 7 nitrogen and oxygen atoms in total. The summed E-state index contributed by atoms with van der Waals surface area (Å²) in [5, 5.41) is 3.14. The van der Waals surface area contributed by atoms with Crippen molar-refractivity contribution < 1.29 is 22.7 Å². The zero-order valence-electron chi connectivity index (χ0n) is 20.8. The van der Waals surface area contributed by atoms with Gasteiger partial charge < -0.3 is 14.8 Å². The number of hydrogen-bond donors (Lipinski definition) is 1. The highest BCUT2D eigenvalue weighted by molar-refractivity contribution is 7.93. The Morgan fingerprint density at radius 2 is 1.67 bits per heavy atom. The first-order chi connectivity index (χ1) is 17.1. The van der Waals surface area contributed by atoms with Crippen LogP contribution in [-0.4, -0.2) is 41.1 Å². The molecule has 0 spiro atoms. The summed E-state index contributed by atoms with van der Waals surface area (Å²) < 4.78 is 39.3. The SMILES string of the molecule is COc1ccc(N(CC(=O)N[C@@H](C)CCc2ccccc2)S(=O)(=O)c2cc(C)ccc2OC)cc1Cl. The number of benzene rings is 3. The Morgan fingerprint density at radius 3 is 2.31 bits per heavy atom. The van der Waals surface area contributed by atoms with Gasteiger partial charge in [0.05, 0.1) is 24.9 Å². The molecule has 0 bridgehead atoms. The molecule has 3 rings (SSSR count). The van der Waals surface area contributed by atoms with E-state index in [1.807, 2.05) is 37.3 Å². The number of amides is 1. The number of halogens is 1. The van der Waals surface area contributed by atoms with Crippen molar-refractivity contribution in [2.75, 3.05) is 25.1 Å². The van der Waals surface area contributed by atoms with Crippen LogP contribution >= 0.6 is 11.6 Å². The standard InChI is InChI=1S/C27H31ClN2O5S/c1-19-10-14-25(35-4)26(16-19)36(32,33)30(22-13-15-24(34-3)23(28)17-22)18-27(31)29-20(2)11-12-21-8-6-5-7-9-21/h5-10,13-17,20H,11-12,18H2,1-4H3,(H,29,31)/t20-/m0/s1. The molecule has 0 aliphatic carbocycles. The van der Waals surface area contributed by atoms with Gasteiger partial charge >= 0.3 is 0 Å². The molecule has 1 amide bonds. The molecule has 0 saturated heterocycles. The van der Waals surface area contributed by atoms with Gasteiger partial charge in [-0.1, -0.05) is 48.0 Å². The minimum atomic E-state index is -4.19. The maximum atomic E-state index is 13.9. The number of nitrogens with one attached hydrogen (secondary N) is 1. The number of carbonyl (C=O) groups is 1. The van der Waals surface area contributed by atoms with Gasteiger partial charge in [0.1, 0.15) is 22.9 Å². The van der Waals surface area contributed by atoms with Crippen LogP contribution < -0.4 is 19.1 Å². The van der Waals surface area contributed by atoms with Crippen molar-refractivity contribution in [1.29, 1.82) is 0 Å². The zero-order valence-corrected chi connectivity index (χ0v) is 22.4. The third-order valence-corrected chi connectivity index (χ3v) is 7.80. The highest BCUT2D eigenvalue weighted by Crippen LogP contribution is 2.34. The van der Waals surface area contributed by atoms with Crippen molar-refractivity contribution in [3.63, 3.8) is 0 Å². The average Bonchev–Trinajstić information content (AvgIpc) is 2.86. The van der Waals surface area contributed by atoms with Gasteiger partial charge in [0.2, 0.25) is 5.91 Å². The van der Waals surface area contributed by atoms with Crippen molar-refractivity contribution in [3.05, 3.63) is 82.9 Å². The van der Waals surface area contributed by atoms with Gasteiger partial charge in [-0.25, -0.2) is 8.42 Å². The second kappa shape index (κ2) is 12.1. The van der Waals surface area contributed by atoms with Crippen LogP contribution in [0.15, 0.2) is 71.6 Å². The molecular formula is C27H31ClN2O5S. The molecule has 9 heteroatoms. The summed E-state index contributed by atoms with van der Waals surface area (Å²) in [6.07, 6.45) is 1.50. The first-order valence-electron chi connectivity index (χ1n) is 11.5. The smallest absolute Gasteiger partial charge is 0.268 e. The fourth-order valence-electron chi connectivity index (χ4n) is 3.78. The minimum Gasteiger partial charge on any atom is -0.495 e. The molecule has 0 radical (unpaired) electrons. The van der Waals surface area contributed by atoms with Crippen LogP contribution in [0.1, 0.15) is 24.5 Å². The lowest BCUT2D eigenvalue weighted by Crippen LogP contribution is -2.43. The minimum absolute atomic E-state index is 0.0399. The Bertz CT molecular complexity index is 1300. The summed E-state index contributed by atoms with van der Waals surface area (Å²) in [7, 11) is -1.32. The summed E-state index contributed by atoms with van der Waals surface area (Å²) in [6, 6.07) is 19.3. The number of rotatable bonds is 11. The van der Waals surface area contributed by atoms with Gasteiger partial charge in [-0.2, -0.15) is 0 Å². The molecule has 1 atom stereocenters. The van der Waals surface area contributed by atoms with E-state index in [2.05, 4.69) is 5.32 Å². The maximum Gasteiger partial charge on any atom is 0.268 e. The zero-order chi connectivity index (χ0) is 26.3. The van der Waals surface area contributed by atoms with E-state index in [1.165, 1.54) is 31.9 Å². The largest absolute Gasteiger partial charge is 0.495 e. The predicted octanol–water partition coefficient (Wildman–Crippen LogP) is 5.00. The van der Waals surface area contributed by atoms with E-state index in [4.69, 9.17) is 21.1 Å². The molecule has 0 aromatic heterocycles. The number of hydrogen-bond acceptors (Lipinski definition) is 5. The number of nitrogens with zero attached hydrogens (tertiary/aromatic N) is 1. The van der Waals surface area contributed by atoms with E-state index in [-0.39, 0.29) is 27.4 Å². The fraction of sp³-hybridized carbons (Fsp3) is 0.296. The first kappa shape index (κ1) is 27.4. The van der Waals surface area contributed by atoms with E-state index in [1.54, 1.807) is 31.2 Å². The van der Waals surface area contributed by atoms with Crippen molar-refractivity contribution in [3.8, 4) is 11.5 Å². The summed E-state index contributed by atoms with van der Waals surface area (Å²) in [6.45, 7) is 3.25. The average molecular weight is 531 g/mol. The summed E-state index contributed by atoms with van der Waals surface area (Å²) >= 11 is 6.30. The van der Waals surface area contributed by atoms with Crippen LogP contribution in [0.25, 0.3) is 0 Å². The normalized spacial score (nSPS) is 12.0. The third-order valence-electron chi connectivity index (χ3n) is 5.71. The maximum absolute atomic E-state index is 13.9. The van der Waals surface area contributed by atoms with Crippen LogP contribution in [0.3, 0.4) is 0 Å². The number of sulfonamides is 1. The topological polar surface area (TPSA) is 84.9 Å². The van der Waals surface area contributed by atoms with Gasteiger partial charge in [-0.3, -0.25) is 9.10 Å². The highest BCUT2D eigenvalue weighted by atomic mass is 35.5. The molecule has 0 aliphatic heterocycles. The lowest BCUT2D eigenvalue weighted by atomic mass is 10.1. The Balaban J connectivity index is 1.89. The molecule has 0 saturated carbocycles. The van der Waals surface area contributed by atoms with Crippen molar-refractivity contribution in [2.45, 2.75) is 37.6 Å². The van der Waals surface area contributed by atoms with Gasteiger partial charge in [0, 0.05) is 6.04 Å². The molecule has 3 aromatic carbocycles. The third kappa shape index (κ3) is 6.71. The van der Waals surface area contributed by atoms with Crippen LogP contribution in [0.4, 0.5) is 5.69 Å². The van der Waals surface area contributed by atoms with Crippen molar-refractivity contribution in [1.82, 2.24) is 5.32 Å². The summed E-state index contributed by atoms with van der Waals surface area (Å²) in [5.74, 6) is 0.143. The lowest BCUT2D eigenvalue weighted by Gasteiger charge is -2.26. The quantitative estimate of drug-likeness (QED) is 0.377. The molecule has 0 fully saturated rings. The molecule has 3 aromatic rings. The second-order valence-corrected chi connectivity index (χ2v) is 10.7. The Morgan fingerprint density at radius 1 is 1.00 bits per heavy atom. The molecule has 0 aliphatic rings. The Hall–Kier alpha value is -3.23. The monoisotopic (exact) mass is 530 g/mol. The first-order valence-corrected chi connectivity index (χ1v) is 13.3. The highest BCUT2D eigenvalue weighted by Gasteiger charge is 2.31. The Labute approximate surface area is 218 Å². The van der Waals surface area contributed by atoms with Gasteiger partial charge in [0.25, 0.3) is 10.0 Å². The van der Waals surface area contributed by atoms with E-state index in [9.17, 15) is 13.2 Å². The summed E-state index contributed by atoms with van der Waals surface area (Å²) in [4.78, 5) is 13.0. The molecular weight excluding hydrogens is 500 g/mol. The van der Waals surface area contributed by atoms with Gasteiger partial charge in [-0.05, 0) is 68.1 Å².